The molecule has 0 saturated heterocycles. The molecule has 0 N–H and O–H groups in total. The monoisotopic (exact) mass is 290 g/mol. The molecule has 0 spiro atoms. The van der Waals surface area contributed by atoms with E-state index in [1.807, 2.05) is 39.1 Å². The zero-order valence-electron chi connectivity index (χ0n) is 13.0. The van der Waals surface area contributed by atoms with Crippen LogP contribution < -0.4 is 0 Å². The molecule has 21 heavy (non-hydrogen) atoms. The van der Waals surface area contributed by atoms with Crippen molar-refractivity contribution in [2.24, 2.45) is 0 Å². The maximum Gasteiger partial charge on any atom is 0.230 e. The second-order valence-corrected chi connectivity index (χ2v) is 5.33. The summed E-state index contributed by atoms with van der Waals surface area (Å²) in [7, 11) is 3.69. The maximum atomic E-state index is 5.65. The molecule has 2 aromatic rings. The molecule has 0 aliphatic carbocycles. The molecule has 114 valence electrons. The van der Waals surface area contributed by atoms with Gasteiger partial charge in [0, 0.05) is 19.2 Å². The first-order chi connectivity index (χ1) is 10.1. The van der Waals surface area contributed by atoms with E-state index in [4.69, 9.17) is 9.15 Å². The molecule has 2 heterocycles. The molecular weight excluding hydrogens is 268 g/mol. The molecule has 0 bridgehead atoms. The second kappa shape index (κ2) is 7.28. The number of hydrogen-bond acceptors (Lipinski definition) is 6. The van der Waals surface area contributed by atoms with E-state index in [-0.39, 0.29) is 12.0 Å². The molecule has 0 aliphatic heterocycles. The van der Waals surface area contributed by atoms with Crippen molar-refractivity contribution in [2.75, 3.05) is 20.8 Å². The van der Waals surface area contributed by atoms with Gasteiger partial charge in [0.05, 0.1) is 24.9 Å². The molecule has 0 fully saturated rings. The summed E-state index contributed by atoms with van der Waals surface area (Å²) in [4.78, 5) is 6.51. The van der Waals surface area contributed by atoms with Crippen LogP contribution in [0.2, 0.25) is 0 Å². The van der Waals surface area contributed by atoms with Crippen LogP contribution in [0.5, 0.6) is 0 Å². The lowest BCUT2D eigenvalue weighted by Gasteiger charge is -2.25. The molecule has 0 radical (unpaired) electrons. The lowest BCUT2D eigenvalue weighted by molar-refractivity contribution is 0.0944. The fourth-order valence-electron chi connectivity index (χ4n) is 2.06. The Morgan fingerprint density at radius 2 is 2.10 bits per heavy atom. The van der Waals surface area contributed by atoms with Gasteiger partial charge in [0.15, 0.2) is 0 Å². The number of methoxy groups -OCH3 is 1. The zero-order valence-corrected chi connectivity index (χ0v) is 13.0. The van der Waals surface area contributed by atoms with Gasteiger partial charge in [-0.3, -0.25) is 9.88 Å². The van der Waals surface area contributed by atoms with Gasteiger partial charge in [-0.1, -0.05) is 19.9 Å². The molecule has 6 heteroatoms. The van der Waals surface area contributed by atoms with Gasteiger partial charge in [-0.25, -0.2) is 0 Å². The minimum atomic E-state index is 0.0469. The molecule has 0 saturated carbocycles. The summed E-state index contributed by atoms with van der Waals surface area (Å²) in [5.74, 6) is 1.51. The van der Waals surface area contributed by atoms with E-state index in [2.05, 4.69) is 20.1 Å². The van der Waals surface area contributed by atoms with Gasteiger partial charge in [-0.05, 0) is 19.2 Å². The normalized spacial score (nSPS) is 13.0. The van der Waals surface area contributed by atoms with Crippen LogP contribution in [0.15, 0.2) is 28.8 Å². The van der Waals surface area contributed by atoms with Crippen molar-refractivity contribution in [2.45, 2.75) is 32.4 Å². The average molecular weight is 290 g/mol. The summed E-state index contributed by atoms with van der Waals surface area (Å²) in [5.41, 5.74) is 0.963. The third kappa shape index (κ3) is 4.09. The van der Waals surface area contributed by atoms with Crippen LogP contribution in [-0.2, 0) is 11.3 Å². The van der Waals surface area contributed by atoms with Crippen molar-refractivity contribution in [1.29, 1.82) is 0 Å². The van der Waals surface area contributed by atoms with Gasteiger partial charge in [-0.15, -0.1) is 10.2 Å². The molecule has 0 unspecified atom stereocenters. The Morgan fingerprint density at radius 1 is 1.29 bits per heavy atom. The fraction of sp³-hybridized carbons (Fsp3) is 0.533. The number of nitrogens with zero attached hydrogens (tertiary/aromatic N) is 4. The smallest absolute Gasteiger partial charge is 0.230 e. The second-order valence-electron chi connectivity index (χ2n) is 5.33. The van der Waals surface area contributed by atoms with E-state index in [1.165, 1.54) is 0 Å². The van der Waals surface area contributed by atoms with Crippen molar-refractivity contribution in [1.82, 2.24) is 20.1 Å². The Bertz CT molecular complexity index is 542. The lowest BCUT2D eigenvalue weighted by Crippen LogP contribution is -2.28. The summed E-state index contributed by atoms with van der Waals surface area (Å²) in [6.45, 7) is 5.17. The average Bonchev–Trinajstić information content (AvgIpc) is 2.94. The van der Waals surface area contributed by atoms with Crippen LogP contribution in [0.4, 0.5) is 0 Å². The summed E-state index contributed by atoms with van der Waals surface area (Å²) < 4.78 is 11.0. The number of aromatic nitrogens is 3. The highest BCUT2D eigenvalue weighted by molar-refractivity contribution is 5.09. The third-order valence-electron chi connectivity index (χ3n) is 3.25. The molecule has 1 atom stereocenters. The summed E-state index contributed by atoms with van der Waals surface area (Å²) in [6, 6.07) is 5.92. The predicted molar refractivity (Wildman–Crippen MR) is 78.7 cm³/mol. The molecular formula is C15H22N4O2. The van der Waals surface area contributed by atoms with Crippen LogP contribution in [0.3, 0.4) is 0 Å². The van der Waals surface area contributed by atoms with Gasteiger partial charge in [-0.2, -0.15) is 0 Å². The molecule has 0 aromatic carbocycles. The van der Waals surface area contributed by atoms with E-state index in [9.17, 15) is 0 Å². The van der Waals surface area contributed by atoms with Crippen LogP contribution in [-0.4, -0.2) is 40.8 Å². The number of hydrogen-bond donors (Lipinski definition) is 0. The van der Waals surface area contributed by atoms with Crippen LogP contribution in [0.25, 0.3) is 0 Å². The first-order valence-electron chi connectivity index (χ1n) is 7.04. The Hall–Kier alpha value is -1.79. The van der Waals surface area contributed by atoms with E-state index < -0.39 is 0 Å². The predicted octanol–water partition coefficient (Wildman–Crippen LogP) is 2.41. The van der Waals surface area contributed by atoms with Gasteiger partial charge in [0.1, 0.15) is 0 Å². The largest absolute Gasteiger partial charge is 0.424 e. The first kappa shape index (κ1) is 15.6. The summed E-state index contributed by atoms with van der Waals surface area (Å²) >= 11 is 0. The standard InChI is InChI=1S/C15H22N4O2/c1-11(2)15-18-17-14(21-15)9-19(3)13(10-20-4)12-7-5-6-8-16-12/h5-8,11,13H,9-10H2,1-4H3/t13-/m0/s1. The summed E-state index contributed by atoms with van der Waals surface area (Å²) in [5, 5.41) is 8.15. The molecule has 0 amide bonds. The van der Waals surface area contributed by atoms with Crippen molar-refractivity contribution in [3.63, 3.8) is 0 Å². The van der Waals surface area contributed by atoms with Crippen molar-refractivity contribution < 1.29 is 9.15 Å². The van der Waals surface area contributed by atoms with Crippen molar-refractivity contribution >= 4 is 0 Å². The molecule has 2 aromatic heterocycles. The van der Waals surface area contributed by atoms with E-state index in [0.29, 0.717) is 24.9 Å². The number of likely N-dealkylation sites (N-methyl/N-ethyl adjacent to an activating group) is 1. The SMILES string of the molecule is COC[C@@H](c1ccccn1)N(C)Cc1nnc(C(C)C)o1. The van der Waals surface area contributed by atoms with Crippen molar-refractivity contribution in [3.05, 3.63) is 41.9 Å². The maximum absolute atomic E-state index is 5.65. The third-order valence-corrected chi connectivity index (χ3v) is 3.25. The number of rotatable bonds is 7. The van der Waals surface area contributed by atoms with E-state index in [0.717, 1.165) is 5.69 Å². The van der Waals surface area contributed by atoms with E-state index >= 15 is 0 Å². The lowest BCUT2D eigenvalue weighted by atomic mass is 10.1. The van der Waals surface area contributed by atoms with E-state index in [1.54, 1.807) is 13.3 Å². The summed E-state index contributed by atoms with van der Waals surface area (Å²) in [6.07, 6.45) is 1.79. The van der Waals surface area contributed by atoms with Gasteiger partial charge in [0.25, 0.3) is 0 Å². The number of pyridine rings is 1. The molecule has 0 aliphatic rings. The minimum absolute atomic E-state index is 0.0469. The molecule has 2 rings (SSSR count). The Labute approximate surface area is 125 Å². The van der Waals surface area contributed by atoms with Gasteiger partial charge in [0.2, 0.25) is 11.8 Å². The van der Waals surface area contributed by atoms with Gasteiger partial charge < -0.3 is 9.15 Å². The Balaban J connectivity index is 2.09. The Morgan fingerprint density at radius 3 is 2.67 bits per heavy atom. The number of ether oxygens (including phenoxy) is 1. The highest BCUT2D eigenvalue weighted by Crippen LogP contribution is 2.20. The highest BCUT2D eigenvalue weighted by Gasteiger charge is 2.20. The van der Waals surface area contributed by atoms with Gasteiger partial charge >= 0.3 is 0 Å². The zero-order chi connectivity index (χ0) is 15.2. The Kier molecular flexibility index (Phi) is 5.41. The highest BCUT2D eigenvalue weighted by atomic mass is 16.5. The van der Waals surface area contributed by atoms with Crippen LogP contribution in [0.1, 0.15) is 43.3 Å². The van der Waals surface area contributed by atoms with Crippen LogP contribution >= 0.6 is 0 Å². The molecule has 6 nitrogen and oxygen atoms in total. The first-order valence-corrected chi connectivity index (χ1v) is 7.04. The topological polar surface area (TPSA) is 64.3 Å². The quantitative estimate of drug-likeness (QED) is 0.780. The minimum Gasteiger partial charge on any atom is -0.424 e. The van der Waals surface area contributed by atoms with Crippen molar-refractivity contribution in [3.8, 4) is 0 Å². The van der Waals surface area contributed by atoms with Crippen LogP contribution in [0, 0.1) is 0 Å². The fourth-order valence-corrected chi connectivity index (χ4v) is 2.06.